The van der Waals surface area contributed by atoms with Gasteiger partial charge in [0.05, 0.1) is 11.3 Å². The van der Waals surface area contributed by atoms with Gasteiger partial charge in [-0.15, -0.1) is 0 Å². The summed E-state index contributed by atoms with van der Waals surface area (Å²) in [5, 5.41) is 11.1. The van der Waals surface area contributed by atoms with E-state index in [1.165, 1.54) is 12.1 Å². The first-order valence-corrected chi connectivity index (χ1v) is 7.70. The van der Waals surface area contributed by atoms with Gasteiger partial charge in [0.2, 0.25) is 5.82 Å². The maximum Gasteiger partial charge on any atom is 0.446 e. The number of nitrogens with two attached hydrogens (primary N) is 1. The second-order valence-electron chi connectivity index (χ2n) is 5.46. The maximum atomic E-state index is 12.9. The summed E-state index contributed by atoms with van der Waals surface area (Å²) in [6, 6.07) is 4.24. The average molecular weight is 385 g/mol. The van der Waals surface area contributed by atoms with Crippen molar-refractivity contribution in [1.29, 1.82) is 0 Å². The number of aryl methyl sites for hydroxylation is 1. The summed E-state index contributed by atoms with van der Waals surface area (Å²) in [6.07, 6.45) is -2.66. The second kappa shape index (κ2) is 8.16. The van der Waals surface area contributed by atoms with Gasteiger partial charge in [0.15, 0.2) is 5.69 Å². The number of rotatable bonds is 6. The maximum absolute atomic E-state index is 12.9. The largest absolute Gasteiger partial charge is 0.446 e. The van der Waals surface area contributed by atoms with Gasteiger partial charge in [-0.3, -0.25) is 4.52 Å². The molecular formula is C16H18F3N5O3. The molecule has 2 N–H and O–H groups in total. The first-order valence-electron chi connectivity index (χ1n) is 7.70. The lowest BCUT2D eigenvalue weighted by Gasteiger charge is -2.09. The lowest BCUT2D eigenvalue weighted by atomic mass is 10.1. The standard InChI is InChI=1S/C15H14F3N5O3.CH4/c16-15(17,18)9-4-3-5-10(8-9)23-13(22-25-14(23)24)12-11(20-26-21-12)6-1-2-7-19;/h3-5,8H,1-2,6-7,19H2;1H4. The summed E-state index contributed by atoms with van der Waals surface area (Å²) >= 11 is 0. The van der Waals surface area contributed by atoms with Gasteiger partial charge in [0, 0.05) is 0 Å². The Morgan fingerprint density at radius 2 is 1.93 bits per heavy atom. The van der Waals surface area contributed by atoms with Crippen LogP contribution in [0.5, 0.6) is 0 Å². The number of hydrogen-bond acceptors (Lipinski definition) is 7. The van der Waals surface area contributed by atoms with Crippen molar-refractivity contribution in [3.63, 3.8) is 0 Å². The number of aromatic nitrogens is 4. The third-order valence-corrected chi connectivity index (χ3v) is 3.67. The van der Waals surface area contributed by atoms with E-state index in [-0.39, 0.29) is 24.6 Å². The zero-order valence-electron chi connectivity index (χ0n) is 13.4. The van der Waals surface area contributed by atoms with Crippen LogP contribution < -0.4 is 11.5 Å². The Balaban J connectivity index is 0.00000261. The summed E-state index contributed by atoms with van der Waals surface area (Å²) < 4.78 is 49.1. The first kappa shape index (κ1) is 20.4. The molecule has 0 spiro atoms. The molecule has 3 aromatic rings. The molecule has 0 bridgehead atoms. The molecule has 0 atom stereocenters. The Morgan fingerprint density at radius 3 is 2.63 bits per heavy atom. The molecule has 0 saturated heterocycles. The molecule has 0 radical (unpaired) electrons. The van der Waals surface area contributed by atoms with Crippen molar-refractivity contribution in [2.45, 2.75) is 32.9 Å². The van der Waals surface area contributed by atoms with E-state index in [1.807, 2.05) is 0 Å². The van der Waals surface area contributed by atoms with Crippen molar-refractivity contribution in [3.8, 4) is 17.2 Å². The molecule has 0 fully saturated rings. The molecule has 1 aromatic carbocycles. The van der Waals surface area contributed by atoms with Gasteiger partial charge in [0.1, 0.15) is 5.69 Å². The minimum Gasteiger partial charge on any atom is -0.330 e. The highest BCUT2D eigenvalue weighted by atomic mass is 19.4. The quantitative estimate of drug-likeness (QED) is 0.649. The van der Waals surface area contributed by atoms with Crippen LogP contribution in [0.1, 0.15) is 31.5 Å². The van der Waals surface area contributed by atoms with Crippen molar-refractivity contribution in [2.75, 3.05) is 6.54 Å². The Bertz CT molecular complexity index is 945. The monoisotopic (exact) mass is 385 g/mol. The summed E-state index contributed by atoms with van der Waals surface area (Å²) in [5.41, 5.74) is 5.02. The molecule has 146 valence electrons. The summed E-state index contributed by atoms with van der Waals surface area (Å²) in [7, 11) is 0. The molecule has 8 nitrogen and oxygen atoms in total. The number of benzene rings is 1. The third-order valence-electron chi connectivity index (χ3n) is 3.67. The van der Waals surface area contributed by atoms with Crippen LogP contribution in [0.15, 0.2) is 38.2 Å². The van der Waals surface area contributed by atoms with Crippen LogP contribution in [0.4, 0.5) is 13.2 Å². The molecule has 3 rings (SSSR count). The first-order chi connectivity index (χ1) is 12.4. The molecule has 0 amide bonds. The van der Waals surface area contributed by atoms with E-state index in [0.29, 0.717) is 25.1 Å². The fraction of sp³-hybridized carbons (Fsp3) is 0.375. The van der Waals surface area contributed by atoms with E-state index < -0.39 is 17.5 Å². The minimum absolute atomic E-state index is 0. The van der Waals surface area contributed by atoms with Crippen LogP contribution in [0.25, 0.3) is 17.2 Å². The van der Waals surface area contributed by atoms with E-state index in [1.54, 1.807) is 0 Å². The second-order valence-corrected chi connectivity index (χ2v) is 5.46. The zero-order chi connectivity index (χ0) is 18.7. The van der Waals surface area contributed by atoms with Gasteiger partial charge in [-0.2, -0.15) is 13.2 Å². The highest BCUT2D eigenvalue weighted by Gasteiger charge is 2.31. The van der Waals surface area contributed by atoms with Gasteiger partial charge in [-0.1, -0.05) is 23.8 Å². The Kier molecular flexibility index (Phi) is 6.16. The average Bonchev–Trinajstić information content (AvgIpc) is 3.20. The fourth-order valence-electron chi connectivity index (χ4n) is 2.43. The van der Waals surface area contributed by atoms with Crippen molar-refractivity contribution in [3.05, 3.63) is 46.1 Å². The number of nitrogens with zero attached hydrogens (tertiary/aromatic N) is 4. The molecule has 11 heteroatoms. The smallest absolute Gasteiger partial charge is 0.330 e. The van der Waals surface area contributed by atoms with E-state index >= 15 is 0 Å². The number of hydrogen-bond donors (Lipinski definition) is 1. The van der Waals surface area contributed by atoms with Crippen LogP contribution >= 0.6 is 0 Å². The van der Waals surface area contributed by atoms with Crippen LogP contribution in [0.2, 0.25) is 0 Å². The molecule has 0 saturated carbocycles. The van der Waals surface area contributed by atoms with Gasteiger partial charge < -0.3 is 5.73 Å². The topological polar surface area (TPSA) is 113 Å². The lowest BCUT2D eigenvalue weighted by Crippen LogP contribution is -2.15. The lowest BCUT2D eigenvalue weighted by molar-refractivity contribution is -0.137. The Morgan fingerprint density at radius 1 is 1.15 bits per heavy atom. The highest BCUT2D eigenvalue weighted by molar-refractivity contribution is 5.55. The SMILES string of the molecule is C.NCCCCc1nonc1-c1noc(=O)n1-c1cccc(C(F)(F)F)c1. The van der Waals surface area contributed by atoms with E-state index in [0.717, 1.165) is 23.1 Å². The summed E-state index contributed by atoms with van der Waals surface area (Å²) in [5.74, 6) is -1.03. The minimum atomic E-state index is -4.56. The van der Waals surface area contributed by atoms with E-state index in [4.69, 9.17) is 10.4 Å². The predicted octanol–water partition coefficient (Wildman–Crippen LogP) is 2.81. The van der Waals surface area contributed by atoms with Crippen molar-refractivity contribution in [2.24, 2.45) is 5.73 Å². The Hall–Kier alpha value is -2.95. The third kappa shape index (κ3) is 4.25. The summed E-state index contributed by atoms with van der Waals surface area (Å²) in [4.78, 5) is 12.0. The molecule has 0 unspecified atom stereocenters. The van der Waals surface area contributed by atoms with Crippen LogP contribution in [0, 0.1) is 0 Å². The van der Waals surface area contributed by atoms with Crippen LogP contribution in [-0.4, -0.2) is 26.6 Å². The molecule has 2 aromatic heterocycles. The van der Waals surface area contributed by atoms with Crippen molar-refractivity contribution in [1.82, 2.24) is 20.0 Å². The van der Waals surface area contributed by atoms with Crippen molar-refractivity contribution >= 4 is 0 Å². The van der Waals surface area contributed by atoms with Gasteiger partial charge in [0.25, 0.3) is 0 Å². The summed E-state index contributed by atoms with van der Waals surface area (Å²) in [6.45, 7) is 0.500. The van der Waals surface area contributed by atoms with Gasteiger partial charge in [-0.25, -0.2) is 14.0 Å². The van der Waals surface area contributed by atoms with Gasteiger partial charge in [-0.05, 0) is 49.2 Å². The van der Waals surface area contributed by atoms with E-state index in [2.05, 4.69) is 20.0 Å². The van der Waals surface area contributed by atoms with Crippen LogP contribution in [-0.2, 0) is 12.6 Å². The molecular weight excluding hydrogens is 367 g/mol. The van der Waals surface area contributed by atoms with Crippen LogP contribution in [0.3, 0.4) is 0 Å². The predicted molar refractivity (Wildman–Crippen MR) is 89.1 cm³/mol. The molecule has 0 aliphatic rings. The molecule has 0 aliphatic carbocycles. The van der Waals surface area contributed by atoms with Crippen molar-refractivity contribution < 1.29 is 22.3 Å². The number of unbranched alkanes of at least 4 members (excludes halogenated alkanes) is 1. The molecule has 2 heterocycles. The molecule has 27 heavy (non-hydrogen) atoms. The fourth-order valence-corrected chi connectivity index (χ4v) is 2.43. The van der Waals surface area contributed by atoms with Gasteiger partial charge >= 0.3 is 11.9 Å². The highest BCUT2D eigenvalue weighted by Crippen LogP contribution is 2.31. The molecule has 0 aliphatic heterocycles. The van der Waals surface area contributed by atoms with E-state index in [9.17, 15) is 18.0 Å². The number of halogens is 3. The normalized spacial score (nSPS) is 11.4. The zero-order valence-corrected chi connectivity index (χ0v) is 13.4. The number of alkyl halides is 3. The Labute approximate surface area is 151 Å².